The molecule has 0 bridgehead atoms. The maximum absolute atomic E-state index is 14.1. The van der Waals surface area contributed by atoms with Crippen LogP contribution in [0.3, 0.4) is 0 Å². The van der Waals surface area contributed by atoms with E-state index >= 15 is 0 Å². The normalized spacial score (nSPS) is 17.0. The van der Waals surface area contributed by atoms with Crippen LogP contribution in [0.1, 0.15) is 56.3 Å². The third-order valence-corrected chi connectivity index (χ3v) is 15.2. The Morgan fingerprint density at radius 2 is 1.55 bits per heavy atom. The molecule has 0 spiro atoms. The molecule has 3 aliphatic heterocycles. The lowest BCUT2D eigenvalue weighted by molar-refractivity contribution is -0.123. The number of halogens is 2. The summed E-state index contributed by atoms with van der Waals surface area (Å²) in [4.78, 5) is 58.5. The van der Waals surface area contributed by atoms with Crippen LogP contribution in [0.2, 0.25) is 10.0 Å². The first-order valence-electron chi connectivity index (χ1n) is 23.9. The van der Waals surface area contributed by atoms with E-state index < -0.39 is 10.0 Å². The monoisotopic (exact) mass is 1030 g/mol. The number of ether oxygens (including phenoxy) is 2. The zero-order valence-electron chi connectivity index (χ0n) is 40.3. The highest BCUT2D eigenvalue weighted by Gasteiger charge is 2.31. The van der Waals surface area contributed by atoms with Crippen molar-refractivity contribution in [3.05, 3.63) is 105 Å². The zero-order chi connectivity index (χ0) is 50.4. The van der Waals surface area contributed by atoms with Crippen LogP contribution in [0.15, 0.2) is 93.7 Å². The predicted molar refractivity (Wildman–Crippen MR) is 275 cm³/mol. The van der Waals surface area contributed by atoms with Gasteiger partial charge in [0.1, 0.15) is 17.3 Å². The van der Waals surface area contributed by atoms with E-state index in [1.54, 1.807) is 84.7 Å². The number of amidine groups is 1. The van der Waals surface area contributed by atoms with Crippen molar-refractivity contribution in [3.8, 4) is 17.2 Å². The molecule has 1 atom stereocenters. The molecule has 1 aromatic heterocycles. The van der Waals surface area contributed by atoms with Crippen LogP contribution in [0.25, 0.3) is 11.0 Å². The predicted octanol–water partition coefficient (Wildman–Crippen LogP) is 6.27. The van der Waals surface area contributed by atoms with Gasteiger partial charge in [-0.1, -0.05) is 49.2 Å². The Labute approximate surface area is 423 Å². The van der Waals surface area contributed by atoms with Crippen molar-refractivity contribution in [2.75, 3.05) is 75.2 Å². The first-order valence-corrected chi connectivity index (χ1v) is 26.2. The molecule has 2 fully saturated rings. The van der Waals surface area contributed by atoms with Crippen molar-refractivity contribution < 1.29 is 32.3 Å². The number of likely N-dealkylation sites (tertiary alicyclic amines) is 1. The molecule has 71 heavy (non-hydrogen) atoms. The average molecular weight is 1030 g/mol. The minimum absolute atomic E-state index is 0.0170. The molecule has 4 heterocycles. The molecule has 0 aliphatic carbocycles. The standard InChI is InChI=1S/C50H60Cl2N10O8S/c1-5-25-69-37-10-7-11-38(28-37)70-45-30-44-43(57(3)50(66)58(44)4)29-42(45)56-71(67,68)39-12-6-9-34(26-39)49(65)61-23-21-60(22-24-61)35-16-19-59(20-17-35)32-47(64)53-18-8-13-46(63)54-48-33(2)31-62(55-48)36-14-15-40(51)41(52)27-36/h6-7,9-12,14-15,26-30,33,35,56H,5,8,13,16-25,31-32H2,1-4H3,(H,53,64)(H,54,55,63). The first-order chi connectivity index (χ1) is 34.1. The van der Waals surface area contributed by atoms with Gasteiger partial charge in [0.2, 0.25) is 11.8 Å². The molecule has 378 valence electrons. The maximum Gasteiger partial charge on any atom is 0.328 e. The van der Waals surface area contributed by atoms with Gasteiger partial charge in [-0.05, 0) is 80.3 Å². The highest BCUT2D eigenvalue weighted by atomic mass is 35.5. The van der Waals surface area contributed by atoms with Crippen LogP contribution >= 0.6 is 23.2 Å². The minimum atomic E-state index is -4.26. The summed E-state index contributed by atoms with van der Waals surface area (Å²) in [7, 11) is -1.02. The average Bonchev–Trinajstić information content (AvgIpc) is 3.83. The molecule has 21 heteroatoms. The number of piperidine rings is 1. The van der Waals surface area contributed by atoms with Crippen LogP contribution < -0.4 is 35.5 Å². The van der Waals surface area contributed by atoms with E-state index in [4.69, 9.17) is 32.7 Å². The van der Waals surface area contributed by atoms with Gasteiger partial charge in [-0.15, -0.1) is 0 Å². The van der Waals surface area contributed by atoms with Gasteiger partial charge in [0, 0.05) is 96.0 Å². The number of benzene rings is 4. The Bertz CT molecular complexity index is 2980. The Hall–Kier alpha value is -6.12. The highest BCUT2D eigenvalue weighted by Crippen LogP contribution is 2.36. The molecule has 2 saturated heterocycles. The van der Waals surface area contributed by atoms with E-state index in [9.17, 15) is 27.6 Å². The fourth-order valence-electron chi connectivity index (χ4n) is 9.09. The van der Waals surface area contributed by atoms with Gasteiger partial charge in [-0.2, -0.15) is 5.10 Å². The first kappa shape index (κ1) is 51.2. The van der Waals surface area contributed by atoms with E-state index in [0.717, 1.165) is 38.0 Å². The third-order valence-electron chi connectivity index (χ3n) is 13.1. The molecule has 0 radical (unpaired) electrons. The fourth-order valence-corrected chi connectivity index (χ4v) is 10.5. The highest BCUT2D eigenvalue weighted by molar-refractivity contribution is 7.92. The van der Waals surface area contributed by atoms with E-state index in [0.29, 0.717) is 96.8 Å². The van der Waals surface area contributed by atoms with Crippen LogP contribution in [-0.2, 0) is 33.7 Å². The van der Waals surface area contributed by atoms with Crippen molar-refractivity contribution in [2.24, 2.45) is 25.1 Å². The number of hydrogen-bond acceptors (Lipinski definition) is 12. The minimum Gasteiger partial charge on any atom is -0.493 e. The van der Waals surface area contributed by atoms with Gasteiger partial charge < -0.3 is 25.0 Å². The van der Waals surface area contributed by atoms with Gasteiger partial charge in [-0.3, -0.25) is 43.0 Å². The molecule has 3 N–H and O–H groups in total. The molecule has 5 aromatic rings. The second-order valence-electron chi connectivity index (χ2n) is 18.2. The topological polar surface area (TPSA) is 192 Å². The lowest BCUT2D eigenvalue weighted by Crippen LogP contribution is -2.54. The summed E-state index contributed by atoms with van der Waals surface area (Å²) in [5.41, 5.74) is 1.90. The number of hydrazone groups is 1. The molecular formula is C50H60Cl2N10O8S. The summed E-state index contributed by atoms with van der Waals surface area (Å²) >= 11 is 12.2. The van der Waals surface area contributed by atoms with Crippen molar-refractivity contribution >= 4 is 79.2 Å². The van der Waals surface area contributed by atoms with Crippen LogP contribution in [0, 0.1) is 5.92 Å². The summed E-state index contributed by atoms with van der Waals surface area (Å²) in [5.74, 6) is 1.28. The number of nitrogens with zero attached hydrogens (tertiary/aromatic N) is 7. The third kappa shape index (κ3) is 12.3. The number of aromatic nitrogens is 2. The van der Waals surface area contributed by atoms with E-state index in [-0.39, 0.29) is 64.2 Å². The number of amides is 3. The van der Waals surface area contributed by atoms with Gasteiger partial charge >= 0.3 is 5.69 Å². The van der Waals surface area contributed by atoms with Crippen LogP contribution in [-0.4, -0.2) is 127 Å². The largest absolute Gasteiger partial charge is 0.493 e. The number of anilines is 2. The summed E-state index contributed by atoms with van der Waals surface area (Å²) in [5, 5.41) is 13.1. The number of nitrogens with one attached hydrogen (secondary N) is 3. The van der Waals surface area contributed by atoms with Crippen molar-refractivity contribution in [2.45, 2.75) is 56.9 Å². The molecular weight excluding hydrogens is 972 g/mol. The quantitative estimate of drug-likeness (QED) is 0.0890. The molecule has 0 saturated carbocycles. The van der Waals surface area contributed by atoms with Gasteiger partial charge in [0.05, 0.1) is 57.0 Å². The fraction of sp³-hybridized carbons (Fsp3) is 0.420. The molecule has 8 rings (SSSR count). The lowest BCUT2D eigenvalue weighted by atomic mass is 10.0. The van der Waals surface area contributed by atoms with Crippen LogP contribution in [0.5, 0.6) is 17.2 Å². The number of sulfonamides is 1. The van der Waals surface area contributed by atoms with Gasteiger partial charge in [-0.25, -0.2) is 13.2 Å². The number of piperazine rings is 1. The maximum atomic E-state index is 14.1. The van der Waals surface area contributed by atoms with Crippen molar-refractivity contribution in [1.82, 2.24) is 34.5 Å². The summed E-state index contributed by atoms with van der Waals surface area (Å²) in [6.45, 7) is 9.63. The molecule has 4 aromatic carbocycles. The second-order valence-corrected chi connectivity index (χ2v) is 20.7. The van der Waals surface area contributed by atoms with Crippen molar-refractivity contribution in [3.63, 3.8) is 0 Å². The Morgan fingerprint density at radius 3 is 2.28 bits per heavy atom. The zero-order valence-corrected chi connectivity index (χ0v) is 42.7. The number of imidazole rings is 1. The molecule has 3 aliphatic rings. The van der Waals surface area contributed by atoms with Gasteiger partial charge in [0.25, 0.3) is 15.9 Å². The van der Waals surface area contributed by atoms with Gasteiger partial charge in [0.15, 0.2) is 5.75 Å². The number of carbonyl (C=O) groups is 3. The smallest absolute Gasteiger partial charge is 0.328 e. The molecule has 3 amide bonds. The summed E-state index contributed by atoms with van der Waals surface area (Å²) < 4.78 is 45.7. The molecule has 18 nitrogen and oxygen atoms in total. The Balaban J connectivity index is 0.786. The SMILES string of the molecule is CCCOc1cccc(Oc2cc3c(cc2NS(=O)(=O)c2cccc(C(=O)N4CCN(C5CCN(CC(=O)NCCCC(=O)NC6=NN(c7ccc(Cl)c(Cl)c7)CC6C)CC5)CC4)c2)n(C)c(=O)n3C)c1. The number of fused-ring (bicyclic) bond motifs is 1. The summed E-state index contributed by atoms with van der Waals surface area (Å²) in [6.07, 6.45) is 3.34. The lowest BCUT2D eigenvalue weighted by Gasteiger charge is -2.42. The van der Waals surface area contributed by atoms with E-state index in [2.05, 4.69) is 30.3 Å². The number of hydrogen-bond donors (Lipinski definition) is 3. The van der Waals surface area contributed by atoms with Crippen LogP contribution in [0.4, 0.5) is 11.4 Å². The van der Waals surface area contributed by atoms with E-state index in [1.165, 1.54) is 21.3 Å². The Morgan fingerprint density at radius 1 is 0.831 bits per heavy atom. The second kappa shape index (κ2) is 22.5. The Kier molecular flexibility index (Phi) is 16.3. The summed E-state index contributed by atoms with van der Waals surface area (Å²) in [6, 6.07) is 21.8. The number of rotatable bonds is 17. The number of aryl methyl sites for hydroxylation is 2. The molecule has 1 unspecified atom stereocenters. The number of carbonyl (C=O) groups excluding carboxylic acids is 3. The van der Waals surface area contributed by atoms with Crippen molar-refractivity contribution in [1.29, 1.82) is 0 Å². The van der Waals surface area contributed by atoms with E-state index in [1.807, 2.05) is 19.9 Å².